The van der Waals surface area contributed by atoms with Crippen LogP contribution in [0.25, 0.3) is 32.9 Å². The van der Waals surface area contributed by atoms with E-state index in [0.717, 1.165) is 45.9 Å². The number of hydrogen-bond acceptors (Lipinski definition) is 2. The number of aromatic nitrogens is 2. The van der Waals surface area contributed by atoms with Crippen molar-refractivity contribution in [3.05, 3.63) is 191 Å². The van der Waals surface area contributed by atoms with Crippen molar-refractivity contribution in [1.82, 2.24) is 0 Å². The molecule has 7 heteroatoms. The lowest BCUT2D eigenvalue weighted by molar-refractivity contribution is -0.662. The molecule has 0 radical (unpaired) electrons. The van der Waals surface area contributed by atoms with Crippen molar-refractivity contribution in [3.8, 4) is 11.1 Å². The minimum absolute atomic E-state index is 0. The predicted molar refractivity (Wildman–Crippen MR) is 228 cm³/mol. The first-order valence-electron chi connectivity index (χ1n) is 17.4. The minimum atomic E-state index is 0. The molecule has 0 bridgehead atoms. The van der Waals surface area contributed by atoms with Crippen molar-refractivity contribution >= 4 is 84.7 Å². The van der Waals surface area contributed by atoms with Crippen LogP contribution in [0.15, 0.2) is 170 Å². The molecule has 0 saturated heterocycles. The second-order valence-electron chi connectivity index (χ2n) is 13.2. The van der Waals surface area contributed by atoms with Crippen LogP contribution < -0.4 is 18.9 Å². The quantitative estimate of drug-likeness (QED) is 0.135. The van der Waals surface area contributed by atoms with Gasteiger partial charge in [-0.25, -0.2) is 0 Å². The lowest BCUT2D eigenvalue weighted by Crippen LogP contribution is -2.35. The molecule has 0 spiro atoms. The van der Waals surface area contributed by atoms with E-state index in [9.17, 15) is 0 Å². The summed E-state index contributed by atoms with van der Waals surface area (Å²) in [6.07, 6.45) is 4.37. The van der Waals surface area contributed by atoms with Crippen LogP contribution in [0.3, 0.4) is 0 Å². The highest BCUT2D eigenvalue weighted by Crippen LogP contribution is 2.32. The van der Waals surface area contributed by atoms with Crippen molar-refractivity contribution < 1.29 is 9.13 Å². The van der Waals surface area contributed by atoms with Gasteiger partial charge in [0, 0.05) is 70.9 Å². The molecule has 0 aliphatic rings. The number of para-hydroxylation sites is 2. The van der Waals surface area contributed by atoms with Gasteiger partial charge in [-0.3, -0.25) is 0 Å². The highest BCUT2D eigenvalue weighted by Gasteiger charge is 2.18. The summed E-state index contributed by atoms with van der Waals surface area (Å²) < 4.78 is 4.64. The topological polar surface area (TPSA) is 14.2 Å². The molecule has 0 saturated carbocycles. The number of nitrogens with zero attached hydrogens (tertiary/aromatic N) is 4. The molecular formula is C46H39BrCl2N4+2. The van der Waals surface area contributed by atoms with Gasteiger partial charge in [-0.1, -0.05) is 96.0 Å². The maximum Gasteiger partial charge on any atom is 0.214 e. The summed E-state index contributed by atoms with van der Waals surface area (Å²) in [5.74, 6) is 0. The second-order valence-corrected chi connectivity index (χ2v) is 14.0. The van der Waals surface area contributed by atoms with Gasteiger partial charge in [-0.05, 0) is 71.8 Å². The van der Waals surface area contributed by atoms with E-state index in [1.807, 2.05) is 24.3 Å². The van der Waals surface area contributed by atoms with E-state index in [4.69, 9.17) is 23.2 Å². The van der Waals surface area contributed by atoms with E-state index >= 15 is 0 Å². The van der Waals surface area contributed by atoms with E-state index in [0.29, 0.717) is 0 Å². The highest BCUT2D eigenvalue weighted by atomic mass is 79.9. The van der Waals surface area contributed by atoms with Gasteiger partial charge in [0.15, 0.2) is 25.5 Å². The Morgan fingerprint density at radius 2 is 0.792 bits per heavy atom. The van der Waals surface area contributed by atoms with Crippen LogP contribution in [0.4, 0.5) is 22.7 Å². The first-order valence-corrected chi connectivity index (χ1v) is 18.2. The number of hydrogen-bond donors (Lipinski definition) is 0. The maximum atomic E-state index is 6.15. The van der Waals surface area contributed by atoms with Gasteiger partial charge in [0.1, 0.15) is 0 Å². The molecule has 0 aliphatic heterocycles. The molecule has 53 heavy (non-hydrogen) atoms. The summed E-state index contributed by atoms with van der Waals surface area (Å²) in [6, 6.07) is 55.4. The zero-order valence-corrected chi connectivity index (χ0v) is 32.8. The molecule has 0 aliphatic carbocycles. The zero-order valence-electron chi connectivity index (χ0n) is 29.5. The zero-order chi connectivity index (χ0) is 35.6. The Kier molecular flexibility index (Phi) is 10.8. The van der Waals surface area contributed by atoms with Gasteiger partial charge < -0.3 is 9.80 Å². The molecule has 2 heterocycles. The van der Waals surface area contributed by atoms with Crippen LogP contribution in [0, 0.1) is 0 Å². The molecule has 4 nitrogen and oxygen atoms in total. The van der Waals surface area contributed by atoms with Crippen LogP contribution in [-0.4, -0.2) is 14.1 Å². The summed E-state index contributed by atoms with van der Waals surface area (Å²) in [7, 11) is 4.20. The normalized spacial score (nSPS) is 11.0. The molecule has 8 aromatic rings. The molecule has 8 rings (SSSR count). The van der Waals surface area contributed by atoms with Crippen molar-refractivity contribution in [2.75, 3.05) is 23.9 Å². The Balaban J connectivity index is 0.00000435. The fourth-order valence-electron chi connectivity index (χ4n) is 7.01. The van der Waals surface area contributed by atoms with E-state index in [1.54, 1.807) is 0 Å². The van der Waals surface area contributed by atoms with Crippen LogP contribution in [-0.2, 0) is 13.1 Å². The van der Waals surface area contributed by atoms with Gasteiger partial charge in [0.2, 0.25) is 11.0 Å². The van der Waals surface area contributed by atoms with Crippen LogP contribution >= 0.6 is 40.2 Å². The van der Waals surface area contributed by atoms with Crippen LogP contribution in [0.1, 0.15) is 11.1 Å². The molecular weight excluding hydrogens is 759 g/mol. The predicted octanol–water partition coefficient (Wildman–Crippen LogP) is 11.8. The number of benzene rings is 6. The van der Waals surface area contributed by atoms with Crippen molar-refractivity contribution in [3.63, 3.8) is 0 Å². The summed E-state index contributed by atoms with van der Waals surface area (Å²) in [5, 5.41) is 3.88. The smallest absolute Gasteiger partial charge is 0.214 e. The first kappa shape index (κ1) is 36.2. The molecule has 0 fully saturated rings. The summed E-state index contributed by atoms with van der Waals surface area (Å²) in [6.45, 7) is 1.56. The molecule has 6 aromatic carbocycles. The highest BCUT2D eigenvalue weighted by molar-refractivity contribution is 8.93. The van der Waals surface area contributed by atoms with Crippen molar-refractivity contribution in [2.24, 2.45) is 0 Å². The largest absolute Gasteiger partial charge is 0.344 e. The molecule has 0 unspecified atom stereocenters. The van der Waals surface area contributed by atoms with E-state index in [1.165, 1.54) is 44.1 Å². The van der Waals surface area contributed by atoms with E-state index in [-0.39, 0.29) is 17.0 Å². The van der Waals surface area contributed by atoms with E-state index in [2.05, 4.69) is 179 Å². The average molecular weight is 799 g/mol. The molecule has 2 aromatic heterocycles. The number of rotatable bonds is 9. The summed E-state index contributed by atoms with van der Waals surface area (Å²) in [4.78, 5) is 4.42. The second kappa shape index (κ2) is 15.8. The van der Waals surface area contributed by atoms with Gasteiger partial charge in [0.05, 0.1) is 22.1 Å². The van der Waals surface area contributed by atoms with Gasteiger partial charge in [-0.15, -0.1) is 17.0 Å². The fourth-order valence-corrected chi connectivity index (χ4v) is 7.26. The Morgan fingerprint density at radius 1 is 0.434 bits per heavy atom. The third-order valence-corrected chi connectivity index (χ3v) is 10.4. The third kappa shape index (κ3) is 7.65. The third-order valence-electron chi connectivity index (χ3n) is 9.90. The van der Waals surface area contributed by atoms with Gasteiger partial charge in [0.25, 0.3) is 0 Å². The summed E-state index contributed by atoms with van der Waals surface area (Å²) >= 11 is 12.3. The number of halogens is 3. The standard InChI is InChI=1S/C46H38Cl2N4.BrH/c1-49(39-23-19-37(47)20-24-39)43-27-29-51(45-9-5-3-7-41(43)45)31-33-11-15-35(16-12-33)36-17-13-34(14-18-36)32-52-30-28-44(42-8-4-6-10-46(42)52)50(2)40-25-21-38(48)22-26-40;/h3-30H,31-32H2,1-2H3;1H/q+2;. The Morgan fingerprint density at radius 3 is 1.17 bits per heavy atom. The number of fused-ring (bicyclic) bond motifs is 2. The number of anilines is 4. The first-order chi connectivity index (χ1) is 25.4. The molecule has 262 valence electrons. The Bertz CT molecular complexity index is 2320. The average Bonchev–Trinajstić information content (AvgIpc) is 3.19. The SMILES string of the molecule is Br.CN(c1ccc(Cl)cc1)c1cc[n+](Cc2ccc(-c3ccc(C[n+]4ccc(N(C)c5ccc(Cl)cc5)c5ccccc54)cc3)cc2)c2ccccc12. The van der Waals surface area contributed by atoms with E-state index < -0.39 is 0 Å². The van der Waals surface area contributed by atoms with Gasteiger partial charge >= 0.3 is 0 Å². The lowest BCUT2D eigenvalue weighted by Gasteiger charge is -2.21. The van der Waals surface area contributed by atoms with Crippen molar-refractivity contribution in [2.45, 2.75) is 13.1 Å². The summed E-state index contributed by atoms with van der Waals surface area (Å²) in [5.41, 5.74) is 11.8. The molecule has 0 N–H and O–H groups in total. The van der Waals surface area contributed by atoms with Crippen LogP contribution in [0.5, 0.6) is 0 Å². The Hall–Kier alpha value is -5.20. The molecule has 0 atom stereocenters. The van der Waals surface area contributed by atoms with Crippen LogP contribution in [0.2, 0.25) is 10.0 Å². The molecule has 0 amide bonds. The fraction of sp³-hybridized carbons (Fsp3) is 0.0870. The van der Waals surface area contributed by atoms with Gasteiger partial charge in [-0.2, -0.15) is 9.13 Å². The number of pyridine rings is 2. The Labute approximate surface area is 331 Å². The van der Waals surface area contributed by atoms with Crippen molar-refractivity contribution in [1.29, 1.82) is 0 Å². The minimum Gasteiger partial charge on any atom is -0.344 e. The lowest BCUT2D eigenvalue weighted by atomic mass is 10.0. The monoisotopic (exact) mass is 796 g/mol. The maximum absolute atomic E-state index is 6.15.